The number of imidazole rings is 1. The van der Waals surface area contributed by atoms with Crippen molar-refractivity contribution in [3.8, 4) is 0 Å². The third kappa shape index (κ3) is 21.7. The Hall–Kier alpha value is -10.1. The monoisotopic (exact) mass is 1390 g/mol. The first-order valence-corrected chi connectivity index (χ1v) is 33.0. The standard InChI is InChI=1S/C67H83N15O14S2/c1-37(2)56(81-61(89)47(28-41-31-71-45-22-13-12-21-43(41)45)73-62(90)52(34-97)79-57(85)44(68)25-38-15-6-3-7-16-38)65(93)77-50(27-40-19-10-5-11-20-40)66(94)82-24-14-23-54(82)64(92)76-46(26-39-17-8-4-9-18-39)58(86)75-49(30-55(69)84)60(88)74-48(29-42-32-70-36-72-42)59(87)80-53(35-98)63(91)78-51(33-83)67(95)96/h3-13,15-22,31-32,36-37,44,46-54,56,71,83,97-98H,14,23-30,33-35,68H2,1-2H3,(H2,69,84)(H,70,72)(H,73,90)(H,74,88)(H,75,86)(H,76,92)(H,77,93)(H,78,91)(H,79,85)(H,80,87)(H,81,89)(H,95,96)/t44-,46-,47-,48-,49-,50-,51-,52-,53-,54-,56-/m0/s1. The van der Waals surface area contributed by atoms with Crippen molar-refractivity contribution in [3.63, 3.8) is 0 Å². The maximum absolute atomic E-state index is 15.2. The van der Waals surface area contributed by atoms with E-state index in [1.807, 2.05) is 54.6 Å². The average molecular weight is 1390 g/mol. The summed E-state index contributed by atoms with van der Waals surface area (Å²) in [5.74, 6) is -12.4. The molecular weight excluding hydrogens is 1300 g/mol. The number of thiol groups is 2. The number of rotatable bonds is 36. The number of benzene rings is 4. The van der Waals surface area contributed by atoms with Gasteiger partial charge < -0.3 is 84.4 Å². The summed E-state index contributed by atoms with van der Waals surface area (Å²) >= 11 is 8.48. The molecular formula is C67H83N15O14S2. The second-order valence-corrected chi connectivity index (χ2v) is 24.7. The summed E-state index contributed by atoms with van der Waals surface area (Å²) in [6.45, 7) is 2.40. The second-order valence-electron chi connectivity index (χ2n) is 24.0. The number of carbonyl (C=O) groups is 12. The molecule has 6 aromatic rings. The minimum atomic E-state index is -1.80. The fraction of sp³-hybridized carbons (Fsp3) is 0.388. The van der Waals surface area contributed by atoms with Gasteiger partial charge in [0.05, 0.1) is 25.4 Å². The van der Waals surface area contributed by atoms with Crippen LogP contribution in [0.3, 0.4) is 0 Å². The minimum absolute atomic E-state index is 0.0267. The Kier molecular flexibility index (Phi) is 28.3. The highest BCUT2D eigenvalue weighted by atomic mass is 32.1. The van der Waals surface area contributed by atoms with Crippen molar-refractivity contribution in [2.24, 2.45) is 17.4 Å². The number of para-hydroxylation sites is 1. The van der Waals surface area contributed by atoms with Crippen LogP contribution in [-0.2, 0) is 89.6 Å². The Labute approximate surface area is 575 Å². The number of hydrogen-bond donors (Lipinski definition) is 17. The lowest BCUT2D eigenvalue weighted by molar-refractivity contribution is -0.143. The Morgan fingerprint density at radius 1 is 0.551 bits per heavy atom. The molecule has 1 saturated heterocycles. The fourth-order valence-electron chi connectivity index (χ4n) is 11.1. The normalized spacial score (nSPS) is 15.8. The molecule has 0 radical (unpaired) electrons. The predicted octanol–water partition coefficient (Wildman–Crippen LogP) is -1.45. The van der Waals surface area contributed by atoms with Gasteiger partial charge in [0.1, 0.15) is 60.4 Å². The molecule has 0 bridgehead atoms. The molecule has 1 fully saturated rings. The van der Waals surface area contributed by atoms with Crippen LogP contribution in [0.4, 0.5) is 0 Å². The first-order valence-electron chi connectivity index (χ1n) is 31.7. The number of aliphatic hydroxyl groups excluding tert-OH is 1. The minimum Gasteiger partial charge on any atom is -0.480 e. The average Bonchev–Trinajstić information content (AvgIpc) is 1.58. The molecule has 0 saturated carbocycles. The van der Waals surface area contributed by atoms with Gasteiger partial charge in [-0.05, 0) is 53.5 Å². The lowest BCUT2D eigenvalue weighted by atomic mass is 9.99. The summed E-state index contributed by atoms with van der Waals surface area (Å²) in [6.07, 6.45) is 3.41. The smallest absolute Gasteiger partial charge is 0.328 e. The number of primary amides is 1. The Morgan fingerprint density at radius 3 is 1.56 bits per heavy atom. The Balaban J connectivity index is 1.09. The van der Waals surface area contributed by atoms with E-state index in [4.69, 9.17) is 11.5 Å². The molecule has 522 valence electrons. The van der Waals surface area contributed by atoms with Gasteiger partial charge in [-0.3, -0.25) is 52.7 Å². The molecule has 2 aromatic heterocycles. The van der Waals surface area contributed by atoms with E-state index in [1.165, 1.54) is 17.4 Å². The van der Waals surface area contributed by atoms with E-state index in [9.17, 15) is 63.0 Å². The van der Waals surface area contributed by atoms with Gasteiger partial charge in [0, 0.05) is 72.7 Å². The van der Waals surface area contributed by atoms with Gasteiger partial charge in [-0.25, -0.2) is 9.78 Å². The SMILES string of the molecule is CC(C)[C@H](NC(=O)[C@H](Cc1c[nH]c2ccccc12)NC(=O)[C@H](CS)NC(=O)[C@@H](N)Cc1ccccc1)C(=O)N[C@@H](Cc1ccccc1)C(=O)N1CCC[C@H]1C(=O)N[C@@H](Cc1ccccc1)C(=O)N[C@@H](CC(N)=O)C(=O)N[C@@H](Cc1cnc[nH]1)C(=O)N[C@@H](CS)C(=O)N[C@@H](CO)C(=O)O. The number of nitrogens with zero attached hydrogens (tertiary/aromatic N) is 2. The van der Waals surface area contributed by atoms with E-state index in [-0.39, 0.29) is 56.6 Å². The number of aromatic nitrogens is 3. The summed E-state index contributed by atoms with van der Waals surface area (Å²) < 4.78 is 0. The van der Waals surface area contributed by atoms with Gasteiger partial charge in [-0.15, -0.1) is 0 Å². The molecule has 98 heavy (non-hydrogen) atoms. The number of carboxylic acids is 1. The molecule has 11 amide bonds. The van der Waals surface area contributed by atoms with Crippen LogP contribution in [0.5, 0.6) is 0 Å². The molecule has 3 heterocycles. The van der Waals surface area contributed by atoms with Crippen LogP contribution < -0.4 is 59.3 Å². The van der Waals surface area contributed by atoms with E-state index in [0.29, 0.717) is 28.8 Å². The van der Waals surface area contributed by atoms with Crippen molar-refractivity contribution in [2.45, 2.75) is 132 Å². The Bertz CT molecular complexity index is 3740. The summed E-state index contributed by atoms with van der Waals surface area (Å²) in [6, 6.07) is 17.9. The highest BCUT2D eigenvalue weighted by Gasteiger charge is 2.42. The molecule has 0 spiro atoms. The third-order valence-corrected chi connectivity index (χ3v) is 17.1. The lowest BCUT2D eigenvalue weighted by Gasteiger charge is -2.32. The quantitative estimate of drug-likeness (QED) is 0.0200. The largest absolute Gasteiger partial charge is 0.480 e. The van der Waals surface area contributed by atoms with E-state index in [2.05, 4.69) is 88.1 Å². The predicted molar refractivity (Wildman–Crippen MR) is 366 cm³/mol. The van der Waals surface area contributed by atoms with Crippen molar-refractivity contribution in [1.82, 2.24) is 67.7 Å². The zero-order valence-electron chi connectivity index (χ0n) is 53.9. The topological polar surface area (TPSA) is 453 Å². The molecule has 4 aromatic carbocycles. The molecule has 11 atom stereocenters. The summed E-state index contributed by atoms with van der Waals surface area (Å²) in [5, 5.41) is 42.9. The molecule has 0 unspecified atom stereocenters. The van der Waals surface area contributed by atoms with Gasteiger partial charge in [-0.2, -0.15) is 25.3 Å². The number of H-pyrrole nitrogens is 2. The number of nitrogens with one attached hydrogen (secondary N) is 11. The van der Waals surface area contributed by atoms with Crippen molar-refractivity contribution in [3.05, 3.63) is 162 Å². The zero-order chi connectivity index (χ0) is 71.0. The molecule has 17 N–H and O–H groups in total. The van der Waals surface area contributed by atoms with Gasteiger partial charge in [0.2, 0.25) is 65.0 Å². The maximum Gasteiger partial charge on any atom is 0.328 e. The molecule has 7 rings (SSSR count). The number of aromatic amines is 2. The van der Waals surface area contributed by atoms with Crippen LogP contribution in [-0.4, -0.2) is 192 Å². The van der Waals surface area contributed by atoms with Gasteiger partial charge in [-0.1, -0.05) is 123 Å². The van der Waals surface area contributed by atoms with E-state index < -0.39 is 156 Å². The number of amides is 11. The van der Waals surface area contributed by atoms with Crippen LogP contribution in [0.15, 0.2) is 134 Å². The number of carboxylic acid groups (broad SMARTS) is 1. The van der Waals surface area contributed by atoms with Crippen LogP contribution >= 0.6 is 25.3 Å². The highest BCUT2D eigenvalue weighted by Crippen LogP contribution is 2.23. The first-order chi connectivity index (χ1) is 47.0. The van der Waals surface area contributed by atoms with Crippen molar-refractivity contribution in [2.75, 3.05) is 24.7 Å². The van der Waals surface area contributed by atoms with Gasteiger partial charge in [0.25, 0.3) is 0 Å². The van der Waals surface area contributed by atoms with Crippen LogP contribution in [0.1, 0.15) is 61.1 Å². The van der Waals surface area contributed by atoms with Crippen LogP contribution in [0.2, 0.25) is 0 Å². The van der Waals surface area contributed by atoms with Crippen LogP contribution in [0, 0.1) is 5.92 Å². The number of nitrogens with two attached hydrogens (primary N) is 2. The summed E-state index contributed by atoms with van der Waals surface area (Å²) in [5.41, 5.74) is 15.5. The van der Waals surface area contributed by atoms with E-state index in [1.54, 1.807) is 80.7 Å². The lowest BCUT2D eigenvalue weighted by Crippen LogP contribution is -2.62. The van der Waals surface area contributed by atoms with Crippen molar-refractivity contribution < 1.29 is 67.7 Å². The number of hydrogen-bond acceptors (Lipinski definition) is 17. The fourth-order valence-corrected chi connectivity index (χ4v) is 11.6. The summed E-state index contributed by atoms with van der Waals surface area (Å²) in [7, 11) is 0. The number of likely N-dealkylation sites (tertiary alicyclic amines) is 1. The molecule has 1 aliphatic rings. The molecule has 0 aliphatic carbocycles. The van der Waals surface area contributed by atoms with Crippen LogP contribution in [0.25, 0.3) is 10.9 Å². The van der Waals surface area contributed by atoms with E-state index >= 15 is 4.79 Å². The highest BCUT2D eigenvalue weighted by molar-refractivity contribution is 7.80. The summed E-state index contributed by atoms with van der Waals surface area (Å²) in [4.78, 5) is 178. The third-order valence-electron chi connectivity index (χ3n) is 16.3. The zero-order valence-corrected chi connectivity index (χ0v) is 55.6. The molecule has 31 heteroatoms. The van der Waals surface area contributed by atoms with Gasteiger partial charge in [0.15, 0.2) is 0 Å². The molecule has 29 nitrogen and oxygen atoms in total. The van der Waals surface area contributed by atoms with Crippen molar-refractivity contribution in [1.29, 1.82) is 0 Å². The second kappa shape index (κ2) is 36.8. The number of carbonyl (C=O) groups excluding carboxylic acids is 11. The van der Waals surface area contributed by atoms with Crippen molar-refractivity contribution >= 4 is 107 Å². The Morgan fingerprint density at radius 2 is 1.02 bits per heavy atom. The molecule has 1 aliphatic heterocycles. The number of aliphatic hydroxyl groups is 1. The van der Waals surface area contributed by atoms with Gasteiger partial charge >= 0.3 is 5.97 Å². The number of aliphatic carboxylic acids is 1. The van der Waals surface area contributed by atoms with E-state index in [0.717, 1.165) is 16.5 Å². The maximum atomic E-state index is 15.2. The number of fused-ring (bicyclic) bond motifs is 1. The first kappa shape index (κ1) is 75.3.